The molecule has 0 aliphatic rings. The lowest BCUT2D eigenvalue weighted by molar-refractivity contribution is 0.352. The molecule has 0 radical (unpaired) electrons. The summed E-state index contributed by atoms with van der Waals surface area (Å²) < 4.78 is 22.2. The molecule has 2 aromatic rings. The third kappa shape index (κ3) is 3.33. The lowest BCUT2D eigenvalue weighted by Crippen LogP contribution is -1.97. The van der Waals surface area contributed by atoms with Crippen LogP contribution in [0.25, 0.3) is 0 Å². The van der Waals surface area contributed by atoms with Crippen LogP contribution in [0, 0.1) is 0 Å². The molecule has 5 nitrogen and oxygen atoms in total. The van der Waals surface area contributed by atoms with Crippen LogP contribution in [0.4, 0.5) is 5.69 Å². The summed E-state index contributed by atoms with van der Waals surface area (Å²) in [5, 5.41) is 0. The summed E-state index contributed by atoms with van der Waals surface area (Å²) in [5.74, 6) is 2.94. The molecule has 6 heteroatoms. The number of hydrogen-bond acceptors (Lipinski definition) is 5. The number of nitrogens with two attached hydrogens (primary N) is 1. The topological polar surface area (TPSA) is 62.9 Å². The monoisotopic (exact) mass is 353 g/mol. The number of halogens is 1. The number of hydrogen-bond donors (Lipinski definition) is 1. The largest absolute Gasteiger partial charge is 0.497 e. The Bertz CT molecular complexity index is 646. The second kappa shape index (κ2) is 6.58. The van der Waals surface area contributed by atoms with Crippen LogP contribution in [-0.4, -0.2) is 21.3 Å². The van der Waals surface area contributed by atoms with E-state index in [1.807, 2.05) is 6.07 Å². The third-order valence-corrected chi connectivity index (χ3v) is 3.49. The maximum Gasteiger partial charge on any atom is 0.164 e. The van der Waals surface area contributed by atoms with Gasteiger partial charge in [0.2, 0.25) is 0 Å². The van der Waals surface area contributed by atoms with Crippen molar-refractivity contribution in [1.82, 2.24) is 0 Å². The number of methoxy groups -OCH3 is 3. The van der Waals surface area contributed by atoms with Crippen molar-refractivity contribution in [1.29, 1.82) is 0 Å². The van der Waals surface area contributed by atoms with E-state index in [0.717, 1.165) is 10.2 Å². The highest BCUT2D eigenvalue weighted by Crippen LogP contribution is 2.40. The van der Waals surface area contributed by atoms with Crippen molar-refractivity contribution in [2.75, 3.05) is 27.1 Å². The molecule has 2 aromatic carbocycles. The van der Waals surface area contributed by atoms with Crippen LogP contribution >= 0.6 is 15.9 Å². The Morgan fingerprint density at radius 3 is 2.05 bits per heavy atom. The van der Waals surface area contributed by atoms with Gasteiger partial charge in [0.15, 0.2) is 17.2 Å². The van der Waals surface area contributed by atoms with Crippen molar-refractivity contribution < 1.29 is 18.9 Å². The highest BCUT2D eigenvalue weighted by molar-refractivity contribution is 9.10. The first-order valence-corrected chi connectivity index (χ1v) is 6.91. The molecular weight excluding hydrogens is 338 g/mol. The van der Waals surface area contributed by atoms with E-state index in [0.29, 0.717) is 28.7 Å². The van der Waals surface area contributed by atoms with Gasteiger partial charge < -0.3 is 24.7 Å². The molecule has 0 saturated heterocycles. The zero-order chi connectivity index (χ0) is 15.4. The average Bonchev–Trinajstić information content (AvgIpc) is 2.50. The van der Waals surface area contributed by atoms with Crippen LogP contribution < -0.4 is 24.7 Å². The van der Waals surface area contributed by atoms with Crippen LogP contribution in [0.1, 0.15) is 0 Å². The number of ether oxygens (including phenoxy) is 4. The van der Waals surface area contributed by atoms with Gasteiger partial charge in [0.05, 0.1) is 31.5 Å². The molecule has 112 valence electrons. The van der Waals surface area contributed by atoms with E-state index in [4.69, 9.17) is 24.7 Å². The molecule has 0 aliphatic heterocycles. The molecule has 0 unspecified atom stereocenters. The second-order valence-corrected chi connectivity index (χ2v) is 5.00. The molecule has 0 atom stereocenters. The minimum absolute atomic E-state index is 0.454. The predicted octanol–water partition coefficient (Wildman–Crippen LogP) is 3.85. The van der Waals surface area contributed by atoms with Gasteiger partial charge in [-0.25, -0.2) is 0 Å². The zero-order valence-corrected chi connectivity index (χ0v) is 13.6. The third-order valence-electron chi connectivity index (χ3n) is 2.87. The van der Waals surface area contributed by atoms with Crippen LogP contribution in [0.2, 0.25) is 0 Å². The summed E-state index contributed by atoms with van der Waals surface area (Å²) in [7, 11) is 4.72. The number of anilines is 1. The molecule has 0 saturated carbocycles. The Hall–Kier alpha value is -2.08. The van der Waals surface area contributed by atoms with Crippen molar-refractivity contribution in [3.63, 3.8) is 0 Å². The van der Waals surface area contributed by atoms with Crippen molar-refractivity contribution in [2.24, 2.45) is 0 Å². The lowest BCUT2D eigenvalue weighted by atomic mass is 10.2. The summed E-state index contributed by atoms with van der Waals surface area (Å²) in [5.41, 5.74) is 6.43. The van der Waals surface area contributed by atoms with Gasteiger partial charge in [-0.3, -0.25) is 0 Å². The van der Waals surface area contributed by atoms with Crippen LogP contribution in [0.15, 0.2) is 34.8 Å². The maximum absolute atomic E-state index is 5.97. The standard InChI is InChI=1S/C15H16BrNO4/c1-18-9-4-5-12(10(16)6-9)21-13-8-15(20-3)14(19-2)7-11(13)17/h4-8H,17H2,1-3H3. The molecule has 0 bridgehead atoms. The van der Waals surface area contributed by atoms with Crippen LogP contribution in [0.3, 0.4) is 0 Å². The maximum atomic E-state index is 5.97. The first-order chi connectivity index (χ1) is 10.1. The molecule has 2 rings (SSSR count). The van der Waals surface area contributed by atoms with Gasteiger partial charge in [-0.2, -0.15) is 0 Å². The summed E-state index contributed by atoms with van der Waals surface area (Å²) in [4.78, 5) is 0. The van der Waals surface area contributed by atoms with Crippen molar-refractivity contribution in [3.8, 4) is 28.7 Å². The fraction of sp³-hybridized carbons (Fsp3) is 0.200. The minimum Gasteiger partial charge on any atom is -0.497 e. The average molecular weight is 354 g/mol. The Balaban J connectivity index is 2.35. The van der Waals surface area contributed by atoms with Gasteiger partial charge in [-0.1, -0.05) is 0 Å². The Kier molecular flexibility index (Phi) is 4.80. The smallest absolute Gasteiger partial charge is 0.164 e. The summed E-state index contributed by atoms with van der Waals surface area (Å²) in [6, 6.07) is 8.75. The van der Waals surface area contributed by atoms with E-state index in [1.54, 1.807) is 45.6 Å². The van der Waals surface area contributed by atoms with Crippen molar-refractivity contribution in [3.05, 3.63) is 34.8 Å². The molecule has 0 aliphatic carbocycles. The van der Waals surface area contributed by atoms with E-state index in [2.05, 4.69) is 15.9 Å². The zero-order valence-electron chi connectivity index (χ0n) is 12.0. The van der Waals surface area contributed by atoms with Gasteiger partial charge >= 0.3 is 0 Å². The second-order valence-electron chi connectivity index (χ2n) is 4.14. The molecular formula is C15H16BrNO4. The molecule has 0 amide bonds. The van der Waals surface area contributed by atoms with E-state index in [9.17, 15) is 0 Å². The first kappa shape index (κ1) is 15.3. The SMILES string of the molecule is COc1ccc(Oc2cc(OC)c(OC)cc2N)c(Br)c1. The normalized spacial score (nSPS) is 10.1. The van der Waals surface area contributed by atoms with Gasteiger partial charge in [-0.15, -0.1) is 0 Å². The summed E-state index contributed by atoms with van der Waals surface area (Å²) >= 11 is 3.43. The van der Waals surface area contributed by atoms with Crippen molar-refractivity contribution in [2.45, 2.75) is 0 Å². The number of nitrogen functional groups attached to an aromatic ring is 1. The van der Waals surface area contributed by atoms with Gasteiger partial charge in [0.25, 0.3) is 0 Å². The Morgan fingerprint density at radius 2 is 1.48 bits per heavy atom. The van der Waals surface area contributed by atoms with Gasteiger partial charge in [-0.05, 0) is 34.1 Å². The van der Waals surface area contributed by atoms with Gasteiger partial charge in [0.1, 0.15) is 11.5 Å². The van der Waals surface area contributed by atoms with E-state index >= 15 is 0 Å². The molecule has 2 N–H and O–H groups in total. The molecule has 21 heavy (non-hydrogen) atoms. The fourth-order valence-corrected chi connectivity index (χ4v) is 2.21. The van der Waals surface area contributed by atoms with E-state index < -0.39 is 0 Å². The molecule has 0 aromatic heterocycles. The molecule has 0 fully saturated rings. The first-order valence-electron chi connectivity index (χ1n) is 6.12. The van der Waals surface area contributed by atoms with Crippen molar-refractivity contribution >= 4 is 21.6 Å². The Labute approximate surface area is 131 Å². The Morgan fingerprint density at radius 1 is 0.810 bits per heavy atom. The number of benzene rings is 2. The highest BCUT2D eigenvalue weighted by Gasteiger charge is 2.12. The van der Waals surface area contributed by atoms with Crippen LogP contribution in [-0.2, 0) is 0 Å². The number of rotatable bonds is 5. The molecule has 0 spiro atoms. The fourth-order valence-electron chi connectivity index (χ4n) is 1.77. The lowest BCUT2D eigenvalue weighted by Gasteiger charge is -2.14. The van der Waals surface area contributed by atoms with Crippen LogP contribution in [0.5, 0.6) is 28.7 Å². The summed E-state index contributed by atoms with van der Waals surface area (Å²) in [6.07, 6.45) is 0. The van der Waals surface area contributed by atoms with Gasteiger partial charge in [0, 0.05) is 12.1 Å². The van der Waals surface area contributed by atoms with E-state index in [-0.39, 0.29) is 0 Å². The van der Waals surface area contributed by atoms with E-state index in [1.165, 1.54) is 0 Å². The quantitative estimate of drug-likeness (QED) is 0.827. The highest BCUT2D eigenvalue weighted by atomic mass is 79.9. The summed E-state index contributed by atoms with van der Waals surface area (Å²) in [6.45, 7) is 0. The molecule has 0 heterocycles. The minimum atomic E-state index is 0.454. The predicted molar refractivity (Wildman–Crippen MR) is 84.7 cm³/mol.